The van der Waals surface area contributed by atoms with Gasteiger partial charge in [0.15, 0.2) is 9.04 Å². The highest BCUT2D eigenvalue weighted by Crippen LogP contribution is 2.25. The van der Waals surface area contributed by atoms with Gasteiger partial charge in [0.05, 0.1) is 0 Å². The molecule has 29 heteroatoms. The van der Waals surface area contributed by atoms with Crippen molar-refractivity contribution < 1.29 is 57.9 Å². The van der Waals surface area contributed by atoms with Crippen LogP contribution in [0.3, 0.4) is 0 Å². The minimum atomic E-state index is -2.24. The minimum absolute atomic E-state index is 0. The summed E-state index contributed by atoms with van der Waals surface area (Å²) in [4.78, 5) is 0. The van der Waals surface area contributed by atoms with Gasteiger partial charge in [-0.15, -0.1) is 0 Å². The highest BCUT2D eigenvalue weighted by molar-refractivity contribution is 6.82. The molecule has 406 valence electrons. The first-order valence-corrected chi connectivity index (χ1v) is 56.7. The summed E-state index contributed by atoms with van der Waals surface area (Å²) in [6, 6.07) is 7.86. The molecule has 3 heterocycles. The monoisotopic (exact) mass is 1210 g/mol. The molecule has 0 bridgehead atoms. The Balaban J connectivity index is 0. The van der Waals surface area contributed by atoms with Crippen molar-refractivity contribution >= 4 is 139 Å². The fourth-order valence-electron chi connectivity index (χ4n) is 8.38. The van der Waals surface area contributed by atoms with E-state index in [0.29, 0.717) is 6.10 Å². The third-order valence-corrected chi connectivity index (χ3v) is 56.7. The van der Waals surface area contributed by atoms with Crippen molar-refractivity contribution in [1.82, 2.24) is 0 Å². The summed E-state index contributed by atoms with van der Waals surface area (Å²) < 4.78 is 88.7. The van der Waals surface area contributed by atoms with Crippen LogP contribution in [0.4, 0.5) is 0 Å². The van der Waals surface area contributed by atoms with Crippen molar-refractivity contribution in [2.45, 2.75) is 247 Å². The highest BCUT2D eigenvalue weighted by atomic mass is 28.5. The SMILES string of the molecule is C.CC.CC.CC.CC1C[SiH](C)O[SiH](CCCCCC[SiH2]O[SiH2]O[SiH](CCCCCC[Si]2(C)O[SiH](C)O[SiH](C)O[SiH](C)O2)O[SiH2]CCCCCC[Si]2(C)O[SiH](C)O[SiH](C)O[SiH](C)O2)O[SiH](C)O1. The van der Waals surface area contributed by atoms with Gasteiger partial charge in [0, 0.05) is 6.10 Å². The molecule has 0 radical (unpaired) electrons. The molecular weight excluding hydrogens is 1100 g/mol. The Bertz CT molecular complexity index is 1080. The van der Waals surface area contributed by atoms with Gasteiger partial charge in [-0.1, -0.05) is 126 Å². The molecule has 3 saturated heterocycles. The lowest BCUT2D eigenvalue weighted by atomic mass is 10.2. The average Bonchev–Trinajstić information content (AvgIpc) is 3.23. The maximum Gasteiger partial charge on any atom is 0.316 e. The van der Waals surface area contributed by atoms with Gasteiger partial charge >= 0.3 is 45.0 Å². The molecule has 0 aromatic rings. The van der Waals surface area contributed by atoms with E-state index in [2.05, 4.69) is 72.4 Å². The van der Waals surface area contributed by atoms with Crippen LogP contribution in [0.2, 0.25) is 108 Å². The van der Waals surface area contributed by atoms with Gasteiger partial charge in [-0.05, 0) is 115 Å². The summed E-state index contributed by atoms with van der Waals surface area (Å²) in [7, 11) is -22.4. The standard InChI is InChI=1S/C31H88O14Si15.3C2H6.CH4/c1-31-30-49(2)36-58(41-50(3)32-31)27-21-14-12-18-24-46-33-48-35-57(26-20-15-17-23-29-60(11)44-55(8)39-52(5)40-56(9)45-60)34-47-25-19-13-16-22-28-59(10)42-53(6)37-51(4)38-54(7)43-59;3*1-2;/h31,49-58H,12-30,46-48H2,1-11H3;3*1-2H3;1H4. The van der Waals surface area contributed by atoms with Crippen molar-refractivity contribution in [1.29, 1.82) is 0 Å². The fourth-order valence-corrected chi connectivity index (χ4v) is 56.2. The maximum atomic E-state index is 6.66. The molecule has 0 spiro atoms. The number of hydrogen-bond donors (Lipinski definition) is 0. The lowest BCUT2D eigenvalue weighted by Gasteiger charge is -2.37. The molecule has 3 aliphatic heterocycles. The van der Waals surface area contributed by atoms with E-state index in [-0.39, 0.29) is 7.43 Å². The van der Waals surface area contributed by atoms with Crippen molar-refractivity contribution in [2.75, 3.05) is 0 Å². The Morgan fingerprint density at radius 3 is 1.43 bits per heavy atom. The molecule has 14 nitrogen and oxygen atoms in total. The molecule has 0 aliphatic carbocycles. The Kier molecular flexibility index (Phi) is 48.1. The molecule has 3 rings (SSSR count). The van der Waals surface area contributed by atoms with Gasteiger partial charge < -0.3 is 57.9 Å². The molecule has 3 aliphatic rings. The van der Waals surface area contributed by atoms with E-state index >= 15 is 0 Å². The van der Waals surface area contributed by atoms with Crippen LogP contribution in [0.1, 0.15) is 133 Å². The van der Waals surface area contributed by atoms with Crippen molar-refractivity contribution in [2.24, 2.45) is 0 Å². The van der Waals surface area contributed by atoms with Crippen molar-refractivity contribution in [3.8, 4) is 0 Å². The number of hydrogen-bond acceptors (Lipinski definition) is 14. The van der Waals surface area contributed by atoms with Crippen LogP contribution in [0, 0.1) is 0 Å². The second-order valence-electron chi connectivity index (χ2n) is 17.5. The van der Waals surface area contributed by atoms with E-state index in [1.54, 1.807) is 0 Å². The smallest absolute Gasteiger partial charge is 0.316 e. The quantitative estimate of drug-likeness (QED) is 0.0623. The lowest BCUT2D eigenvalue weighted by molar-refractivity contribution is 0.187. The van der Waals surface area contributed by atoms with Crippen molar-refractivity contribution in [3.63, 3.8) is 0 Å². The zero-order valence-electron chi connectivity index (χ0n) is 45.6. The van der Waals surface area contributed by atoms with Gasteiger partial charge in [-0.25, -0.2) is 0 Å². The van der Waals surface area contributed by atoms with E-state index < -0.39 is 139 Å². The summed E-state index contributed by atoms with van der Waals surface area (Å²) in [5.41, 5.74) is 0. The normalized spacial score (nSPS) is 32.6. The second kappa shape index (κ2) is 44.9. The van der Waals surface area contributed by atoms with Crippen LogP contribution in [0.15, 0.2) is 0 Å². The van der Waals surface area contributed by atoms with Crippen LogP contribution in [-0.2, 0) is 57.9 Å². The molecule has 9 unspecified atom stereocenters. The predicted octanol–water partition coefficient (Wildman–Crippen LogP) is 6.94. The van der Waals surface area contributed by atoms with Crippen LogP contribution in [-0.4, -0.2) is 145 Å². The lowest BCUT2D eigenvalue weighted by Crippen LogP contribution is -2.52. The van der Waals surface area contributed by atoms with E-state index in [9.17, 15) is 0 Å². The Labute approximate surface area is 440 Å². The molecule has 0 saturated carbocycles. The van der Waals surface area contributed by atoms with E-state index in [1.165, 1.54) is 76.3 Å². The van der Waals surface area contributed by atoms with Crippen LogP contribution >= 0.6 is 0 Å². The van der Waals surface area contributed by atoms with Crippen LogP contribution in [0.25, 0.3) is 0 Å². The molecule has 9 atom stereocenters. The van der Waals surface area contributed by atoms with E-state index in [0.717, 1.165) is 43.1 Å². The topological polar surface area (TPSA) is 129 Å². The van der Waals surface area contributed by atoms with Gasteiger partial charge in [0.2, 0.25) is 0 Å². The van der Waals surface area contributed by atoms with Gasteiger partial charge in [-0.2, -0.15) is 0 Å². The predicted molar refractivity (Wildman–Crippen MR) is 322 cm³/mol. The van der Waals surface area contributed by atoms with Gasteiger partial charge in [0.25, 0.3) is 65.7 Å². The first-order chi connectivity index (χ1) is 31.6. The first kappa shape index (κ1) is 71.8. The Morgan fingerprint density at radius 2 is 0.940 bits per heavy atom. The average molecular weight is 1210 g/mol. The van der Waals surface area contributed by atoms with Crippen molar-refractivity contribution in [3.05, 3.63) is 0 Å². The summed E-state index contributed by atoms with van der Waals surface area (Å²) in [6.45, 7) is 35.8. The summed E-state index contributed by atoms with van der Waals surface area (Å²) in [5.74, 6) is 0. The van der Waals surface area contributed by atoms with Gasteiger partial charge in [-0.3, -0.25) is 0 Å². The van der Waals surface area contributed by atoms with E-state index in [4.69, 9.17) is 57.9 Å². The zero-order chi connectivity index (χ0) is 49.8. The van der Waals surface area contributed by atoms with Crippen LogP contribution < -0.4 is 0 Å². The third kappa shape index (κ3) is 38.0. The molecule has 67 heavy (non-hydrogen) atoms. The first-order valence-electron chi connectivity index (χ1n) is 26.7. The minimum Gasteiger partial charge on any atom is -0.446 e. The molecule has 0 aromatic heterocycles. The highest BCUT2D eigenvalue weighted by Gasteiger charge is 2.40. The zero-order valence-corrected chi connectivity index (χ0v) is 63.4. The second-order valence-corrected chi connectivity index (χ2v) is 53.3. The van der Waals surface area contributed by atoms with Crippen LogP contribution in [0.5, 0.6) is 0 Å². The molecular formula is C38H110O14Si15. The van der Waals surface area contributed by atoms with Gasteiger partial charge in [0.1, 0.15) is 19.5 Å². The van der Waals surface area contributed by atoms with E-state index in [1.807, 2.05) is 41.5 Å². The Hall–Kier alpha value is 2.69. The summed E-state index contributed by atoms with van der Waals surface area (Å²) in [6.07, 6.45) is 14.9. The molecule has 0 amide bonds. The molecule has 0 N–H and O–H groups in total. The summed E-state index contributed by atoms with van der Waals surface area (Å²) in [5, 5.41) is 0. The Morgan fingerprint density at radius 1 is 0.507 bits per heavy atom. The maximum absolute atomic E-state index is 6.66. The molecule has 3 fully saturated rings. The third-order valence-electron chi connectivity index (χ3n) is 11.0. The molecule has 0 aromatic carbocycles. The number of unbranched alkanes of at least 4 members (excludes halogenated alkanes) is 9. The largest absolute Gasteiger partial charge is 0.446 e. The number of rotatable bonds is 27. The fraction of sp³-hybridized carbons (Fsp3) is 1.00. The summed E-state index contributed by atoms with van der Waals surface area (Å²) >= 11 is 0.